The molecule has 1 aliphatic carbocycles. The fourth-order valence-corrected chi connectivity index (χ4v) is 4.37. The second kappa shape index (κ2) is 9.46. The number of nitrogens with one attached hydrogen (secondary N) is 1. The molecule has 4 aromatic rings. The van der Waals surface area contributed by atoms with Gasteiger partial charge in [-0.3, -0.25) is 4.79 Å². The SMILES string of the molecule is COc1ccc(C)cc1NC(=O)COC(=O)c1c2c(nc3ccccc13)/C(=C/c1ccco1)CC2. The van der Waals surface area contributed by atoms with Crippen LogP contribution in [0.2, 0.25) is 0 Å². The first-order valence-electron chi connectivity index (χ1n) is 11.3. The number of amides is 1. The third kappa shape index (κ3) is 4.53. The predicted molar refractivity (Wildman–Crippen MR) is 133 cm³/mol. The Labute approximate surface area is 202 Å². The molecule has 176 valence electrons. The third-order valence-electron chi connectivity index (χ3n) is 5.97. The molecule has 1 N–H and O–H groups in total. The number of nitrogens with zero attached hydrogens (tertiary/aromatic N) is 1. The van der Waals surface area contributed by atoms with E-state index in [1.165, 1.54) is 7.11 Å². The number of ether oxygens (including phenoxy) is 2. The predicted octanol–water partition coefficient (Wildman–Crippen LogP) is 5.43. The number of para-hydroxylation sites is 1. The lowest BCUT2D eigenvalue weighted by atomic mass is 10.0. The minimum Gasteiger partial charge on any atom is -0.495 e. The molecule has 0 radical (unpaired) electrons. The summed E-state index contributed by atoms with van der Waals surface area (Å²) in [6.45, 7) is 1.50. The summed E-state index contributed by atoms with van der Waals surface area (Å²) in [5.74, 6) is 0.264. The van der Waals surface area contributed by atoms with Gasteiger partial charge in [-0.2, -0.15) is 0 Å². The number of aromatic nitrogens is 1. The van der Waals surface area contributed by atoms with Gasteiger partial charge in [0.25, 0.3) is 5.91 Å². The number of carbonyl (C=O) groups is 2. The third-order valence-corrected chi connectivity index (χ3v) is 5.97. The molecule has 0 unspecified atom stereocenters. The van der Waals surface area contributed by atoms with Crippen molar-refractivity contribution in [2.75, 3.05) is 19.0 Å². The number of hydrogen-bond acceptors (Lipinski definition) is 6. The van der Waals surface area contributed by atoms with Crippen molar-refractivity contribution >= 4 is 40.1 Å². The number of fused-ring (bicyclic) bond motifs is 2. The van der Waals surface area contributed by atoms with Crippen LogP contribution in [0.4, 0.5) is 5.69 Å². The zero-order valence-corrected chi connectivity index (χ0v) is 19.5. The highest BCUT2D eigenvalue weighted by molar-refractivity contribution is 6.08. The molecular formula is C28H24N2O5. The van der Waals surface area contributed by atoms with Crippen LogP contribution in [0.1, 0.15) is 39.4 Å². The van der Waals surface area contributed by atoms with Crippen LogP contribution >= 0.6 is 0 Å². The van der Waals surface area contributed by atoms with Crippen molar-refractivity contribution in [2.45, 2.75) is 19.8 Å². The maximum absolute atomic E-state index is 13.3. The van der Waals surface area contributed by atoms with E-state index in [1.54, 1.807) is 18.4 Å². The Morgan fingerprint density at radius 1 is 1.11 bits per heavy atom. The molecule has 2 heterocycles. The number of allylic oxidation sites excluding steroid dienone is 1. The van der Waals surface area contributed by atoms with Crippen molar-refractivity contribution in [1.82, 2.24) is 4.98 Å². The molecule has 0 fully saturated rings. The highest BCUT2D eigenvalue weighted by atomic mass is 16.5. The Bertz CT molecular complexity index is 1450. The molecule has 7 nitrogen and oxygen atoms in total. The molecule has 1 amide bonds. The van der Waals surface area contributed by atoms with Gasteiger partial charge >= 0.3 is 5.97 Å². The summed E-state index contributed by atoms with van der Waals surface area (Å²) in [5.41, 5.74) is 5.23. The van der Waals surface area contributed by atoms with Crippen LogP contribution in [-0.4, -0.2) is 30.6 Å². The second-order valence-electron chi connectivity index (χ2n) is 8.34. The highest BCUT2D eigenvalue weighted by Crippen LogP contribution is 2.37. The van der Waals surface area contributed by atoms with Crippen LogP contribution in [0.5, 0.6) is 5.75 Å². The van der Waals surface area contributed by atoms with E-state index >= 15 is 0 Å². The first kappa shape index (κ1) is 22.4. The minimum atomic E-state index is -0.551. The second-order valence-corrected chi connectivity index (χ2v) is 8.34. The number of methoxy groups -OCH3 is 1. The van der Waals surface area contributed by atoms with E-state index in [0.29, 0.717) is 34.3 Å². The molecular weight excluding hydrogens is 444 g/mol. The molecule has 7 heteroatoms. The van der Waals surface area contributed by atoms with E-state index in [9.17, 15) is 9.59 Å². The van der Waals surface area contributed by atoms with E-state index in [4.69, 9.17) is 18.9 Å². The number of pyridine rings is 1. The highest BCUT2D eigenvalue weighted by Gasteiger charge is 2.28. The van der Waals surface area contributed by atoms with Gasteiger partial charge in [0.2, 0.25) is 0 Å². The van der Waals surface area contributed by atoms with E-state index < -0.39 is 18.5 Å². The fraction of sp³-hybridized carbons (Fsp3) is 0.179. The lowest BCUT2D eigenvalue weighted by molar-refractivity contribution is -0.119. The molecule has 0 aliphatic heterocycles. The van der Waals surface area contributed by atoms with Gasteiger partial charge in [-0.05, 0) is 72.9 Å². The van der Waals surface area contributed by atoms with Gasteiger partial charge in [-0.15, -0.1) is 0 Å². The first-order valence-corrected chi connectivity index (χ1v) is 11.3. The van der Waals surface area contributed by atoms with Gasteiger partial charge in [0.1, 0.15) is 11.5 Å². The smallest absolute Gasteiger partial charge is 0.339 e. The lowest BCUT2D eigenvalue weighted by Gasteiger charge is -2.13. The van der Waals surface area contributed by atoms with Crippen LogP contribution in [-0.2, 0) is 16.0 Å². The van der Waals surface area contributed by atoms with Gasteiger partial charge in [0, 0.05) is 5.39 Å². The van der Waals surface area contributed by atoms with Crippen molar-refractivity contribution in [1.29, 1.82) is 0 Å². The number of carbonyl (C=O) groups excluding carboxylic acids is 2. The van der Waals surface area contributed by atoms with Crippen molar-refractivity contribution in [3.63, 3.8) is 0 Å². The van der Waals surface area contributed by atoms with Crippen LogP contribution < -0.4 is 10.1 Å². The Morgan fingerprint density at radius 3 is 2.77 bits per heavy atom. The van der Waals surface area contributed by atoms with Crippen LogP contribution in [0.15, 0.2) is 65.3 Å². The molecule has 1 aliphatic rings. The fourth-order valence-electron chi connectivity index (χ4n) is 4.37. The topological polar surface area (TPSA) is 90.7 Å². The lowest BCUT2D eigenvalue weighted by Crippen LogP contribution is -2.22. The molecule has 2 aromatic carbocycles. The summed E-state index contributed by atoms with van der Waals surface area (Å²) in [6, 6.07) is 16.6. The van der Waals surface area contributed by atoms with Crippen molar-refractivity contribution in [3.8, 4) is 5.75 Å². The maximum atomic E-state index is 13.3. The van der Waals surface area contributed by atoms with Gasteiger partial charge in [0.05, 0.1) is 35.8 Å². The number of aryl methyl sites for hydroxylation is 1. The number of hydrogen-bond donors (Lipinski definition) is 1. The van der Waals surface area contributed by atoms with Crippen molar-refractivity contribution < 1.29 is 23.5 Å². The average molecular weight is 469 g/mol. The zero-order chi connectivity index (χ0) is 24.4. The molecule has 0 saturated carbocycles. The Kier molecular flexibility index (Phi) is 6.06. The molecule has 2 aromatic heterocycles. The summed E-state index contributed by atoms with van der Waals surface area (Å²) in [7, 11) is 1.53. The monoisotopic (exact) mass is 468 g/mol. The Balaban J connectivity index is 1.41. The Morgan fingerprint density at radius 2 is 1.97 bits per heavy atom. The standard InChI is InChI=1S/C28H24N2O5/c1-17-9-12-24(33-2)23(14-17)29-25(31)16-35-28(32)26-20-7-3-4-8-22(20)30-27-18(10-11-21(26)27)15-19-6-5-13-34-19/h3-9,12-15H,10-11,16H2,1-2H3,(H,29,31)/b18-15+. The molecule has 0 spiro atoms. The van der Waals surface area contributed by atoms with E-state index in [-0.39, 0.29) is 0 Å². The summed E-state index contributed by atoms with van der Waals surface area (Å²) in [5, 5.41) is 3.46. The molecule has 0 bridgehead atoms. The summed E-state index contributed by atoms with van der Waals surface area (Å²) in [6.07, 6.45) is 4.95. The van der Waals surface area contributed by atoms with Crippen LogP contribution in [0.25, 0.3) is 22.6 Å². The van der Waals surface area contributed by atoms with Gasteiger partial charge in [-0.1, -0.05) is 24.3 Å². The summed E-state index contributed by atoms with van der Waals surface area (Å²) < 4.78 is 16.2. The number of rotatable bonds is 6. The van der Waals surface area contributed by atoms with Gasteiger partial charge < -0.3 is 19.2 Å². The minimum absolute atomic E-state index is 0.420. The molecule has 0 saturated heterocycles. The van der Waals surface area contributed by atoms with E-state index in [0.717, 1.165) is 34.6 Å². The number of furan rings is 1. The zero-order valence-electron chi connectivity index (χ0n) is 19.5. The van der Waals surface area contributed by atoms with Crippen LogP contribution in [0, 0.1) is 6.92 Å². The molecule has 35 heavy (non-hydrogen) atoms. The maximum Gasteiger partial charge on any atom is 0.339 e. The number of esters is 1. The Hall–Kier alpha value is -4.39. The van der Waals surface area contributed by atoms with E-state index in [1.807, 2.05) is 55.5 Å². The van der Waals surface area contributed by atoms with Gasteiger partial charge in [-0.25, -0.2) is 9.78 Å². The summed E-state index contributed by atoms with van der Waals surface area (Å²) >= 11 is 0. The number of benzene rings is 2. The van der Waals surface area contributed by atoms with E-state index in [2.05, 4.69) is 5.32 Å². The largest absolute Gasteiger partial charge is 0.495 e. The normalized spacial score (nSPS) is 13.6. The van der Waals surface area contributed by atoms with Crippen LogP contribution in [0.3, 0.4) is 0 Å². The first-order chi connectivity index (χ1) is 17.0. The quantitative estimate of drug-likeness (QED) is 0.380. The summed E-state index contributed by atoms with van der Waals surface area (Å²) in [4.78, 5) is 30.7. The average Bonchev–Trinajstić information content (AvgIpc) is 3.52. The number of anilines is 1. The van der Waals surface area contributed by atoms with Crippen molar-refractivity contribution in [3.05, 3.63) is 89.0 Å². The van der Waals surface area contributed by atoms with Crippen molar-refractivity contribution in [2.24, 2.45) is 0 Å². The molecule has 5 rings (SSSR count). The molecule has 0 atom stereocenters. The van der Waals surface area contributed by atoms with Gasteiger partial charge in [0.15, 0.2) is 6.61 Å².